The number of hydrogen-bond acceptors (Lipinski definition) is 6. The molecule has 212 valence electrons. The number of carbonyl (C=O) groups excluding carboxylic acids is 1. The lowest BCUT2D eigenvalue weighted by atomic mass is 10.0. The van der Waals surface area contributed by atoms with Crippen LogP contribution in [0.4, 0.5) is 22.0 Å². The van der Waals surface area contributed by atoms with Gasteiger partial charge in [-0.3, -0.25) is 14.7 Å². The third kappa shape index (κ3) is 5.64. The highest BCUT2D eigenvalue weighted by molar-refractivity contribution is 6.00. The van der Waals surface area contributed by atoms with Crippen LogP contribution >= 0.6 is 0 Å². The quantitative estimate of drug-likeness (QED) is 0.273. The zero-order valence-corrected chi connectivity index (χ0v) is 23.3. The number of rotatable bonds is 9. The monoisotopic (exact) mass is 554 g/mol. The molecule has 3 heterocycles. The van der Waals surface area contributed by atoms with Crippen LogP contribution in [0.3, 0.4) is 0 Å². The first-order chi connectivity index (χ1) is 19.9. The van der Waals surface area contributed by atoms with Gasteiger partial charge in [0, 0.05) is 38.3 Å². The van der Waals surface area contributed by atoms with Crippen LogP contribution in [0, 0.1) is 0 Å². The number of nitrogens with zero attached hydrogens (tertiary/aromatic N) is 4. The normalized spacial score (nSPS) is 13.3. The molecule has 41 heavy (non-hydrogen) atoms. The van der Waals surface area contributed by atoms with Crippen molar-refractivity contribution in [2.24, 2.45) is 0 Å². The van der Waals surface area contributed by atoms with Gasteiger partial charge >= 0.3 is 12.0 Å². The number of nitrogens with one attached hydrogen (secondary N) is 2. The van der Waals surface area contributed by atoms with E-state index < -0.39 is 11.4 Å². The molecule has 10 heteroatoms. The molecule has 0 bridgehead atoms. The fraction of sp³-hybridized carbons (Fsp3) is 0.290. The number of hydrogen-bond donors (Lipinski definition) is 3. The summed E-state index contributed by atoms with van der Waals surface area (Å²) in [6.45, 7) is 5.83. The molecule has 0 spiro atoms. The number of aromatic nitrogens is 2. The van der Waals surface area contributed by atoms with Gasteiger partial charge in [-0.15, -0.1) is 0 Å². The molecule has 1 aliphatic heterocycles. The van der Waals surface area contributed by atoms with E-state index in [2.05, 4.69) is 20.5 Å². The third-order valence-corrected chi connectivity index (χ3v) is 7.50. The third-order valence-electron chi connectivity index (χ3n) is 7.50. The molecule has 10 nitrogen and oxygen atoms in total. The van der Waals surface area contributed by atoms with E-state index in [0.29, 0.717) is 41.2 Å². The molecule has 0 aliphatic carbocycles. The fourth-order valence-corrected chi connectivity index (χ4v) is 5.46. The van der Waals surface area contributed by atoms with Crippen molar-refractivity contribution in [1.82, 2.24) is 19.8 Å². The Morgan fingerprint density at radius 2 is 1.76 bits per heavy atom. The highest BCUT2D eigenvalue weighted by Crippen LogP contribution is 2.30. The minimum Gasteiger partial charge on any atom is -0.477 e. The molecule has 1 saturated heterocycles. The maximum Gasteiger partial charge on any atom is 0.343 e. The van der Waals surface area contributed by atoms with Gasteiger partial charge in [-0.1, -0.05) is 18.2 Å². The average molecular weight is 555 g/mol. The molecule has 2 aromatic heterocycles. The van der Waals surface area contributed by atoms with Gasteiger partial charge in [-0.25, -0.2) is 9.59 Å². The Morgan fingerprint density at radius 1 is 1.02 bits per heavy atom. The predicted octanol–water partition coefficient (Wildman–Crippen LogP) is 4.77. The lowest BCUT2D eigenvalue weighted by Gasteiger charge is -2.22. The van der Waals surface area contributed by atoms with Crippen molar-refractivity contribution in [3.8, 4) is 11.1 Å². The van der Waals surface area contributed by atoms with Crippen molar-refractivity contribution in [2.75, 3.05) is 43.4 Å². The summed E-state index contributed by atoms with van der Waals surface area (Å²) in [6, 6.07) is 16.3. The van der Waals surface area contributed by atoms with Crippen LogP contribution in [-0.2, 0) is 6.54 Å². The van der Waals surface area contributed by atoms with E-state index >= 15 is 0 Å². The molecule has 0 atom stereocenters. The molecule has 4 aromatic rings. The number of urea groups is 1. The molecule has 5 rings (SSSR count). The largest absolute Gasteiger partial charge is 0.477 e. The Labute approximate surface area is 238 Å². The molecule has 2 amide bonds. The second-order valence-corrected chi connectivity index (χ2v) is 9.96. The van der Waals surface area contributed by atoms with E-state index in [9.17, 15) is 19.5 Å². The van der Waals surface area contributed by atoms with Gasteiger partial charge in [-0.05, 0) is 80.4 Å². The fourth-order valence-electron chi connectivity index (χ4n) is 5.46. The van der Waals surface area contributed by atoms with Crippen LogP contribution in [-0.4, -0.2) is 64.8 Å². The number of aryl methyl sites for hydroxylation is 1. The molecule has 1 fully saturated rings. The van der Waals surface area contributed by atoms with Crippen LogP contribution < -0.4 is 21.0 Å². The van der Waals surface area contributed by atoms with Crippen LogP contribution in [0.2, 0.25) is 0 Å². The standard InChI is InChI=1S/C31H34N6O4/c1-3-36-26-19-22(21-8-11-23(12-9-21)37(31(41)32-2)24-7-6-14-33-20-24)10-13-25(26)28(38)27(30(39)40)29(36)34-15-18-35-16-4-5-17-35/h6-14,19-20,34H,3-5,15-18H2,1-2H3,(H,32,41)(H,39,40). The van der Waals surface area contributed by atoms with Crippen molar-refractivity contribution in [3.63, 3.8) is 0 Å². The summed E-state index contributed by atoms with van der Waals surface area (Å²) in [5.41, 5.74) is 2.99. The molecule has 3 N–H and O–H groups in total. The summed E-state index contributed by atoms with van der Waals surface area (Å²) in [7, 11) is 1.58. The highest BCUT2D eigenvalue weighted by Gasteiger charge is 2.23. The molecular weight excluding hydrogens is 520 g/mol. The summed E-state index contributed by atoms with van der Waals surface area (Å²) in [4.78, 5) is 46.3. The first-order valence-electron chi connectivity index (χ1n) is 13.8. The maximum absolute atomic E-state index is 13.4. The van der Waals surface area contributed by atoms with Gasteiger partial charge in [0.25, 0.3) is 0 Å². The minimum absolute atomic E-state index is 0.234. The number of benzene rings is 2. The van der Waals surface area contributed by atoms with Crippen LogP contribution in [0.15, 0.2) is 71.8 Å². The number of aromatic carboxylic acids is 1. The van der Waals surface area contributed by atoms with Gasteiger partial charge < -0.3 is 25.2 Å². The molecule has 0 saturated carbocycles. The van der Waals surface area contributed by atoms with Gasteiger partial charge in [0.1, 0.15) is 11.4 Å². The highest BCUT2D eigenvalue weighted by atomic mass is 16.4. The minimum atomic E-state index is -1.24. The molecule has 0 radical (unpaired) electrons. The van der Waals surface area contributed by atoms with Crippen molar-refractivity contribution in [2.45, 2.75) is 26.3 Å². The van der Waals surface area contributed by atoms with E-state index in [1.54, 1.807) is 36.5 Å². The number of fused-ring (bicyclic) bond motifs is 1. The lowest BCUT2D eigenvalue weighted by molar-refractivity contribution is 0.0696. The van der Waals surface area contributed by atoms with Crippen LogP contribution in [0.5, 0.6) is 0 Å². The Hall–Kier alpha value is -4.70. The number of pyridine rings is 2. The Morgan fingerprint density at radius 3 is 2.39 bits per heavy atom. The van der Waals surface area contributed by atoms with Gasteiger partial charge in [-0.2, -0.15) is 0 Å². The van der Waals surface area contributed by atoms with Crippen molar-refractivity contribution in [3.05, 3.63) is 82.8 Å². The maximum atomic E-state index is 13.4. The molecule has 2 aromatic carbocycles. The topological polar surface area (TPSA) is 120 Å². The van der Waals surface area contributed by atoms with E-state index in [1.807, 2.05) is 54.0 Å². The first kappa shape index (κ1) is 27.9. The Kier molecular flexibility index (Phi) is 8.30. The van der Waals surface area contributed by atoms with E-state index in [0.717, 1.165) is 30.8 Å². The number of likely N-dealkylation sites (tertiary alicyclic amines) is 1. The zero-order chi connectivity index (χ0) is 28.9. The number of amides is 2. The number of carboxylic acid groups (broad SMARTS) is 1. The zero-order valence-electron chi connectivity index (χ0n) is 23.3. The van der Waals surface area contributed by atoms with E-state index in [1.165, 1.54) is 12.8 Å². The summed E-state index contributed by atoms with van der Waals surface area (Å²) < 4.78 is 1.87. The molecular formula is C31H34N6O4. The Bertz CT molecular complexity index is 1610. The van der Waals surface area contributed by atoms with E-state index in [-0.39, 0.29) is 11.6 Å². The lowest BCUT2D eigenvalue weighted by Crippen LogP contribution is -2.34. The summed E-state index contributed by atoms with van der Waals surface area (Å²) >= 11 is 0. The second kappa shape index (κ2) is 12.2. The number of carboxylic acids is 1. The molecule has 0 unspecified atom stereocenters. The van der Waals surface area contributed by atoms with Gasteiger partial charge in [0.15, 0.2) is 0 Å². The second-order valence-electron chi connectivity index (χ2n) is 9.96. The first-order valence-corrected chi connectivity index (χ1v) is 13.8. The summed E-state index contributed by atoms with van der Waals surface area (Å²) in [6.07, 6.45) is 5.62. The average Bonchev–Trinajstić information content (AvgIpc) is 3.51. The van der Waals surface area contributed by atoms with Gasteiger partial charge in [0.2, 0.25) is 5.43 Å². The van der Waals surface area contributed by atoms with Crippen molar-refractivity contribution in [1.29, 1.82) is 0 Å². The number of anilines is 3. The van der Waals surface area contributed by atoms with E-state index in [4.69, 9.17) is 0 Å². The smallest absolute Gasteiger partial charge is 0.343 e. The Balaban J connectivity index is 1.52. The summed E-state index contributed by atoms with van der Waals surface area (Å²) in [5, 5.41) is 16.3. The van der Waals surface area contributed by atoms with Crippen LogP contribution in [0.25, 0.3) is 22.0 Å². The predicted molar refractivity (Wildman–Crippen MR) is 161 cm³/mol. The molecule has 1 aliphatic rings. The van der Waals surface area contributed by atoms with Crippen molar-refractivity contribution >= 4 is 40.1 Å². The van der Waals surface area contributed by atoms with Crippen LogP contribution in [0.1, 0.15) is 30.1 Å². The van der Waals surface area contributed by atoms with Crippen molar-refractivity contribution < 1.29 is 14.7 Å². The summed E-state index contributed by atoms with van der Waals surface area (Å²) in [5.74, 6) is -0.904. The number of carbonyl (C=O) groups is 2. The SMILES string of the molecule is CCn1c(NCCN2CCCC2)c(C(=O)O)c(=O)c2ccc(-c3ccc(N(C(=O)NC)c4cccnc4)cc3)cc21. The van der Waals surface area contributed by atoms with Gasteiger partial charge in [0.05, 0.1) is 23.1 Å².